The standard InChI is InChI=1S/C30H36ClNO4/c1-7-12-36-25-10-9-19(31)14-20(25)26-27-21(15-29(2,3)17-23(27)33)32(11-8-13-35-6)22-16-30(4,5)18-24(34)28(22)26/h1,9-10,14,26H,8,11-13,15-18H2,2-6H3. The summed E-state index contributed by atoms with van der Waals surface area (Å²) in [5.41, 5.74) is 3.81. The van der Waals surface area contributed by atoms with Crippen molar-refractivity contribution in [3.8, 4) is 18.1 Å². The zero-order chi connectivity index (χ0) is 26.3. The summed E-state index contributed by atoms with van der Waals surface area (Å²) in [6.07, 6.45) is 8.64. The van der Waals surface area contributed by atoms with Crippen LogP contribution >= 0.6 is 11.6 Å². The molecule has 0 N–H and O–H groups in total. The van der Waals surface area contributed by atoms with Crippen LogP contribution in [0.15, 0.2) is 40.7 Å². The second kappa shape index (κ2) is 10.1. The molecule has 0 bridgehead atoms. The lowest BCUT2D eigenvalue weighted by molar-refractivity contribution is -0.119. The summed E-state index contributed by atoms with van der Waals surface area (Å²) in [5.74, 6) is 2.71. The molecule has 3 aliphatic rings. The van der Waals surface area contributed by atoms with Gasteiger partial charge in [0.2, 0.25) is 0 Å². The van der Waals surface area contributed by atoms with Gasteiger partial charge in [0.1, 0.15) is 12.4 Å². The maximum absolute atomic E-state index is 13.9. The van der Waals surface area contributed by atoms with E-state index >= 15 is 0 Å². The first-order chi connectivity index (χ1) is 17.0. The van der Waals surface area contributed by atoms with Crippen LogP contribution in [0.5, 0.6) is 5.75 Å². The van der Waals surface area contributed by atoms with Gasteiger partial charge in [-0.05, 0) is 48.3 Å². The Morgan fingerprint density at radius 3 is 2.14 bits per heavy atom. The normalized spacial score (nSPS) is 21.3. The van der Waals surface area contributed by atoms with Crippen molar-refractivity contribution in [3.05, 3.63) is 51.3 Å². The van der Waals surface area contributed by atoms with Crippen LogP contribution in [0, 0.1) is 23.2 Å². The molecule has 0 fully saturated rings. The molecule has 1 aliphatic heterocycles. The van der Waals surface area contributed by atoms with E-state index in [1.54, 1.807) is 19.2 Å². The lowest BCUT2D eigenvalue weighted by Crippen LogP contribution is -2.45. The number of allylic oxidation sites excluding steroid dienone is 4. The zero-order valence-electron chi connectivity index (χ0n) is 22.0. The Morgan fingerprint density at radius 1 is 1.03 bits per heavy atom. The highest BCUT2D eigenvalue weighted by molar-refractivity contribution is 6.30. The summed E-state index contributed by atoms with van der Waals surface area (Å²) < 4.78 is 11.3. The highest BCUT2D eigenvalue weighted by Crippen LogP contribution is 2.55. The van der Waals surface area contributed by atoms with Crippen LogP contribution in [0.3, 0.4) is 0 Å². The second-order valence-corrected chi connectivity index (χ2v) is 12.1. The van der Waals surface area contributed by atoms with Gasteiger partial charge in [-0.25, -0.2) is 0 Å². The monoisotopic (exact) mass is 509 g/mol. The number of rotatable bonds is 7. The van der Waals surface area contributed by atoms with Crippen molar-refractivity contribution in [2.24, 2.45) is 10.8 Å². The number of Topliss-reactive ketones (excluding diaryl/α,β-unsaturated/α-hetero) is 2. The number of ether oxygens (including phenoxy) is 2. The van der Waals surface area contributed by atoms with Crippen LogP contribution in [0.4, 0.5) is 0 Å². The van der Waals surface area contributed by atoms with Crippen molar-refractivity contribution in [1.29, 1.82) is 0 Å². The predicted molar refractivity (Wildman–Crippen MR) is 142 cm³/mol. The van der Waals surface area contributed by atoms with E-state index in [0.717, 1.165) is 36.2 Å². The quantitative estimate of drug-likeness (QED) is 0.329. The molecule has 5 nitrogen and oxygen atoms in total. The molecule has 192 valence electrons. The summed E-state index contributed by atoms with van der Waals surface area (Å²) in [4.78, 5) is 30.0. The van der Waals surface area contributed by atoms with Crippen molar-refractivity contribution in [3.63, 3.8) is 0 Å². The van der Waals surface area contributed by atoms with Crippen molar-refractivity contribution in [1.82, 2.24) is 4.90 Å². The van der Waals surface area contributed by atoms with Crippen molar-refractivity contribution >= 4 is 23.2 Å². The molecule has 1 aromatic rings. The molecule has 36 heavy (non-hydrogen) atoms. The third-order valence-electron chi connectivity index (χ3n) is 7.35. The first-order valence-electron chi connectivity index (χ1n) is 12.6. The van der Waals surface area contributed by atoms with Gasteiger partial charge in [-0.15, -0.1) is 6.42 Å². The Kier molecular flexibility index (Phi) is 7.42. The van der Waals surface area contributed by atoms with E-state index in [1.165, 1.54) is 0 Å². The Balaban J connectivity index is 1.99. The van der Waals surface area contributed by atoms with Crippen LogP contribution < -0.4 is 4.74 Å². The largest absolute Gasteiger partial charge is 0.481 e. The van der Waals surface area contributed by atoms with Crippen LogP contribution in [-0.2, 0) is 14.3 Å². The van der Waals surface area contributed by atoms with Crippen molar-refractivity contribution in [2.45, 2.75) is 65.7 Å². The van der Waals surface area contributed by atoms with E-state index in [1.807, 2.05) is 6.07 Å². The SMILES string of the molecule is C#CCOc1ccc(Cl)cc1C1C2=C(CC(C)(C)CC2=O)N(CCCOC)C2=C1C(=O)CC(C)(C)C2. The number of hydrogen-bond donors (Lipinski definition) is 0. The fourth-order valence-corrected chi connectivity index (χ4v) is 6.17. The number of terminal acetylenes is 1. The van der Waals surface area contributed by atoms with E-state index in [9.17, 15) is 9.59 Å². The predicted octanol–water partition coefficient (Wildman–Crippen LogP) is 6.07. The zero-order valence-corrected chi connectivity index (χ0v) is 22.8. The molecule has 1 heterocycles. The fourth-order valence-electron chi connectivity index (χ4n) is 5.99. The van der Waals surface area contributed by atoms with E-state index in [2.05, 4.69) is 38.5 Å². The molecule has 0 amide bonds. The number of carbonyl (C=O) groups excluding carboxylic acids is 2. The topological polar surface area (TPSA) is 55.8 Å². The minimum absolute atomic E-state index is 0.0788. The Hall–Kier alpha value is -2.55. The summed E-state index contributed by atoms with van der Waals surface area (Å²) in [5, 5.41) is 0.525. The molecule has 1 aromatic carbocycles. The highest BCUT2D eigenvalue weighted by Gasteiger charge is 2.49. The number of hydrogen-bond acceptors (Lipinski definition) is 5. The van der Waals surface area contributed by atoms with Gasteiger partial charge in [-0.2, -0.15) is 0 Å². The van der Waals surface area contributed by atoms with Crippen LogP contribution in [0.2, 0.25) is 5.02 Å². The molecule has 0 aromatic heterocycles. The number of benzene rings is 1. The minimum atomic E-state index is -0.521. The molecule has 2 aliphatic carbocycles. The van der Waals surface area contributed by atoms with Gasteiger partial charge in [-0.3, -0.25) is 9.59 Å². The van der Waals surface area contributed by atoms with Gasteiger partial charge in [0.15, 0.2) is 11.6 Å². The average Bonchev–Trinajstić information content (AvgIpc) is 2.77. The molecular weight excluding hydrogens is 474 g/mol. The number of ketones is 2. The molecule has 0 radical (unpaired) electrons. The van der Waals surface area contributed by atoms with Gasteiger partial charge in [0.25, 0.3) is 0 Å². The van der Waals surface area contributed by atoms with Crippen molar-refractivity contribution < 1.29 is 19.1 Å². The van der Waals surface area contributed by atoms with Gasteiger partial charge >= 0.3 is 0 Å². The van der Waals surface area contributed by atoms with Crippen molar-refractivity contribution in [2.75, 3.05) is 26.9 Å². The first kappa shape index (κ1) is 26.5. The third-order valence-corrected chi connectivity index (χ3v) is 7.58. The number of halogens is 1. The molecule has 0 unspecified atom stereocenters. The summed E-state index contributed by atoms with van der Waals surface area (Å²) in [7, 11) is 1.69. The van der Waals surface area contributed by atoms with E-state index in [4.69, 9.17) is 27.5 Å². The van der Waals surface area contributed by atoms with Crippen LogP contribution in [0.25, 0.3) is 0 Å². The highest BCUT2D eigenvalue weighted by atomic mass is 35.5. The molecule has 0 atom stereocenters. The maximum Gasteiger partial charge on any atom is 0.162 e. The molecule has 0 saturated carbocycles. The Labute approximate surface area is 219 Å². The van der Waals surface area contributed by atoms with Crippen LogP contribution in [-0.4, -0.2) is 43.3 Å². The summed E-state index contributed by atoms with van der Waals surface area (Å²) in [6.45, 7) is 9.94. The molecule has 6 heteroatoms. The van der Waals surface area contributed by atoms with Gasteiger partial charge < -0.3 is 14.4 Å². The third kappa shape index (κ3) is 5.12. The van der Waals surface area contributed by atoms with Gasteiger partial charge in [0.05, 0.1) is 0 Å². The van der Waals surface area contributed by atoms with Gasteiger partial charge in [0, 0.05) is 72.1 Å². The fraction of sp³-hybridized carbons (Fsp3) is 0.533. The van der Waals surface area contributed by atoms with E-state index < -0.39 is 5.92 Å². The van der Waals surface area contributed by atoms with E-state index in [0.29, 0.717) is 47.9 Å². The lowest BCUT2D eigenvalue weighted by Gasteiger charge is -2.49. The van der Waals surface area contributed by atoms with Gasteiger partial charge in [-0.1, -0.05) is 45.2 Å². The molecule has 0 saturated heterocycles. The van der Waals surface area contributed by atoms with Crippen LogP contribution in [0.1, 0.15) is 71.3 Å². The number of nitrogens with zero attached hydrogens (tertiary/aromatic N) is 1. The summed E-state index contributed by atoms with van der Waals surface area (Å²) >= 11 is 6.47. The summed E-state index contributed by atoms with van der Waals surface area (Å²) in [6, 6.07) is 5.36. The Bertz CT molecular complexity index is 1130. The average molecular weight is 510 g/mol. The minimum Gasteiger partial charge on any atom is -0.481 e. The lowest BCUT2D eigenvalue weighted by atomic mass is 9.63. The Morgan fingerprint density at radius 2 is 1.61 bits per heavy atom. The molecule has 0 spiro atoms. The maximum atomic E-state index is 13.9. The molecular formula is C30H36ClNO4. The van der Waals surface area contributed by atoms with E-state index in [-0.39, 0.29) is 29.0 Å². The molecule has 4 rings (SSSR count). The first-order valence-corrected chi connectivity index (χ1v) is 13.0. The second-order valence-electron chi connectivity index (χ2n) is 11.7. The number of carbonyl (C=O) groups is 2. The number of methoxy groups -OCH3 is 1. The smallest absolute Gasteiger partial charge is 0.162 e.